The van der Waals surface area contributed by atoms with E-state index in [0.29, 0.717) is 0 Å². The number of hydrogen-bond donors (Lipinski definition) is 0. The molecule has 0 saturated carbocycles. The molecule has 1 aliphatic rings. The molecule has 0 N–H and O–H groups in total. The monoisotopic (exact) mass is 128 g/mol. The molecule has 0 amide bonds. The third-order valence-electron chi connectivity index (χ3n) is 0.384. The first-order valence-corrected chi connectivity index (χ1v) is 3.48. The normalized spacial score (nSPS) is 17.3. The van der Waals surface area contributed by atoms with Crippen LogP contribution in [0.5, 0.6) is 0 Å². The van der Waals surface area contributed by atoms with Crippen molar-refractivity contribution < 1.29 is 31.0 Å². The molecule has 0 atom stereocenters. The van der Waals surface area contributed by atoms with Gasteiger partial charge in [-0.15, -0.1) is 23.5 Å². The van der Waals surface area contributed by atoms with E-state index in [0.717, 1.165) is 0 Å². The minimum absolute atomic E-state index is 0. The largest absolute Gasteiger partial charge is 1.00 e. The SMILES string of the molecule is C1=CSCS1.[H-].[Na+]. The predicted molar refractivity (Wildman–Crippen MR) is 30.3 cm³/mol. The second-order valence-corrected chi connectivity index (χ2v) is 2.88. The van der Waals surface area contributed by atoms with Crippen LogP contribution in [0.25, 0.3) is 0 Å². The molecule has 0 fully saturated rings. The van der Waals surface area contributed by atoms with Gasteiger partial charge in [0.05, 0.1) is 0 Å². The van der Waals surface area contributed by atoms with E-state index in [1.807, 2.05) is 23.5 Å². The summed E-state index contributed by atoms with van der Waals surface area (Å²) in [4.78, 5) is 0. The van der Waals surface area contributed by atoms with Gasteiger partial charge in [-0.05, 0) is 10.8 Å². The van der Waals surface area contributed by atoms with Gasteiger partial charge in [0.25, 0.3) is 0 Å². The summed E-state index contributed by atoms with van der Waals surface area (Å²) in [7, 11) is 0. The third-order valence-corrected chi connectivity index (χ3v) is 2.30. The average Bonchev–Trinajstić information content (AvgIpc) is 1.76. The Labute approximate surface area is 69.9 Å². The molecule has 3 heteroatoms. The average molecular weight is 128 g/mol. The van der Waals surface area contributed by atoms with Gasteiger partial charge in [-0.25, -0.2) is 0 Å². The van der Waals surface area contributed by atoms with E-state index in [1.165, 1.54) is 5.08 Å². The van der Waals surface area contributed by atoms with Crippen molar-refractivity contribution in [3.8, 4) is 0 Å². The Morgan fingerprint density at radius 1 is 1.33 bits per heavy atom. The summed E-state index contributed by atoms with van der Waals surface area (Å²) < 4.78 is 0. The molecule has 0 radical (unpaired) electrons. The fraction of sp³-hybridized carbons (Fsp3) is 0.333. The maximum absolute atomic E-state index is 2.12. The fourth-order valence-corrected chi connectivity index (χ4v) is 1.77. The van der Waals surface area contributed by atoms with E-state index in [2.05, 4.69) is 10.8 Å². The summed E-state index contributed by atoms with van der Waals surface area (Å²) in [5, 5.41) is 5.45. The second kappa shape index (κ2) is 4.60. The van der Waals surface area contributed by atoms with Gasteiger partial charge < -0.3 is 1.43 Å². The zero-order valence-electron chi connectivity index (χ0n) is 4.68. The summed E-state index contributed by atoms with van der Waals surface area (Å²) in [5.74, 6) is 0. The minimum Gasteiger partial charge on any atom is -1.00 e. The van der Waals surface area contributed by atoms with Crippen LogP contribution in [0.2, 0.25) is 0 Å². The van der Waals surface area contributed by atoms with Crippen molar-refractivity contribution in [3.05, 3.63) is 10.8 Å². The molecular weight excluding hydrogens is 123 g/mol. The van der Waals surface area contributed by atoms with E-state index < -0.39 is 0 Å². The van der Waals surface area contributed by atoms with Gasteiger partial charge in [0.1, 0.15) is 0 Å². The van der Waals surface area contributed by atoms with Gasteiger partial charge in [-0.3, -0.25) is 0 Å². The van der Waals surface area contributed by atoms with Crippen molar-refractivity contribution >= 4 is 23.5 Å². The predicted octanol–water partition coefficient (Wildman–Crippen LogP) is -0.988. The molecule has 0 aromatic rings. The molecule has 30 valence electrons. The van der Waals surface area contributed by atoms with Crippen LogP contribution in [0.1, 0.15) is 1.43 Å². The molecule has 1 heterocycles. The van der Waals surface area contributed by atoms with Crippen molar-refractivity contribution in [2.45, 2.75) is 0 Å². The summed E-state index contributed by atoms with van der Waals surface area (Å²) in [6, 6.07) is 0. The van der Waals surface area contributed by atoms with Gasteiger partial charge in [0.15, 0.2) is 0 Å². The summed E-state index contributed by atoms with van der Waals surface area (Å²) >= 11 is 3.71. The minimum atomic E-state index is 0. The molecule has 6 heavy (non-hydrogen) atoms. The van der Waals surface area contributed by atoms with Crippen LogP contribution in [-0.2, 0) is 0 Å². The van der Waals surface area contributed by atoms with Gasteiger partial charge in [-0.1, -0.05) is 0 Å². The Morgan fingerprint density at radius 3 is 2.00 bits per heavy atom. The summed E-state index contributed by atoms with van der Waals surface area (Å²) in [5.41, 5.74) is 0. The summed E-state index contributed by atoms with van der Waals surface area (Å²) in [6.07, 6.45) is 0. The Hall–Kier alpha value is 1.44. The molecule has 0 saturated heterocycles. The number of hydrogen-bond acceptors (Lipinski definition) is 2. The Kier molecular flexibility index (Phi) is 5.70. The molecule has 0 spiro atoms. The van der Waals surface area contributed by atoms with Gasteiger partial charge in [0, 0.05) is 5.08 Å². The van der Waals surface area contributed by atoms with Crippen molar-refractivity contribution in [1.82, 2.24) is 0 Å². The van der Waals surface area contributed by atoms with Crippen molar-refractivity contribution in [1.29, 1.82) is 0 Å². The van der Waals surface area contributed by atoms with E-state index in [1.54, 1.807) is 0 Å². The Morgan fingerprint density at radius 2 is 1.83 bits per heavy atom. The van der Waals surface area contributed by atoms with Crippen LogP contribution >= 0.6 is 23.5 Å². The topological polar surface area (TPSA) is 0 Å². The van der Waals surface area contributed by atoms with Crippen LogP contribution in [0.4, 0.5) is 0 Å². The molecule has 0 aromatic heterocycles. The third kappa shape index (κ3) is 2.59. The van der Waals surface area contributed by atoms with Crippen LogP contribution in [-0.4, -0.2) is 5.08 Å². The van der Waals surface area contributed by atoms with E-state index >= 15 is 0 Å². The van der Waals surface area contributed by atoms with E-state index in [9.17, 15) is 0 Å². The van der Waals surface area contributed by atoms with Crippen LogP contribution in [0.15, 0.2) is 10.8 Å². The molecular formula is C3H5NaS2. The molecule has 0 bridgehead atoms. The molecule has 0 unspecified atom stereocenters. The van der Waals surface area contributed by atoms with Gasteiger partial charge >= 0.3 is 29.6 Å². The van der Waals surface area contributed by atoms with Crippen LogP contribution in [0.3, 0.4) is 0 Å². The van der Waals surface area contributed by atoms with Gasteiger partial charge in [0.2, 0.25) is 0 Å². The number of thioether (sulfide) groups is 2. The van der Waals surface area contributed by atoms with Crippen LogP contribution < -0.4 is 29.6 Å². The number of rotatable bonds is 0. The summed E-state index contributed by atoms with van der Waals surface area (Å²) in [6.45, 7) is 0. The Bertz CT molecular complexity index is 50.9. The first-order valence-electron chi connectivity index (χ1n) is 1.38. The van der Waals surface area contributed by atoms with Gasteiger partial charge in [-0.2, -0.15) is 0 Å². The quantitative estimate of drug-likeness (QED) is 0.384. The van der Waals surface area contributed by atoms with E-state index in [4.69, 9.17) is 0 Å². The van der Waals surface area contributed by atoms with Crippen LogP contribution in [0, 0.1) is 0 Å². The smallest absolute Gasteiger partial charge is 1.00 e. The van der Waals surface area contributed by atoms with Crippen molar-refractivity contribution in [2.75, 3.05) is 5.08 Å². The van der Waals surface area contributed by atoms with E-state index in [-0.39, 0.29) is 31.0 Å². The first-order chi connectivity index (χ1) is 2.50. The Balaban J connectivity index is 0. The first kappa shape index (κ1) is 7.44. The molecule has 1 rings (SSSR count). The zero-order chi connectivity index (χ0) is 3.54. The maximum Gasteiger partial charge on any atom is 1.00 e. The zero-order valence-corrected chi connectivity index (χ0v) is 7.31. The molecule has 0 aliphatic carbocycles. The standard InChI is InChI=1S/C3H4S2.Na.H/c1-2-5-3-4-1;;/h1-2H,3H2;;/q;+1;-1. The fourth-order valence-electron chi connectivity index (χ4n) is 0.196. The van der Waals surface area contributed by atoms with Crippen molar-refractivity contribution in [3.63, 3.8) is 0 Å². The van der Waals surface area contributed by atoms with Crippen molar-refractivity contribution in [2.24, 2.45) is 0 Å². The maximum atomic E-state index is 2.12. The second-order valence-electron chi connectivity index (χ2n) is 0.723. The molecule has 0 aromatic carbocycles. The molecule has 1 aliphatic heterocycles. The molecule has 0 nitrogen and oxygen atoms in total.